The lowest BCUT2D eigenvalue weighted by Gasteiger charge is -2.31. The number of rotatable bonds is 7. The summed E-state index contributed by atoms with van der Waals surface area (Å²) in [6.45, 7) is 2.92. The van der Waals surface area contributed by atoms with E-state index in [4.69, 9.17) is 15.1 Å². The summed E-state index contributed by atoms with van der Waals surface area (Å²) in [6.07, 6.45) is 2.34. The second kappa shape index (κ2) is 8.86. The lowest BCUT2D eigenvalue weighted by Crippen LogP contribution is -2.43. The van der Waals surface area contributed by atoms with Gasteiger partial charge in [-0.3, -0.25) is 9.69 Å². The van der Waals surface area contributed by atoms with E-state index in [1.807, 2.05) is 6.07 Å². The van der Waals surface area contributed by atoms with Crippen LogP contribution < -0.4 is 5.32 Å². The predicted molar refractivity (Wildman–Crippen MR) is 65.7 cm³/mol. The third-order valence-electron chi connectivity index (χ3n) is 2.91. The molecule has 1 heterocycles. The summed E-state index contributed by atoms with van der Waals surface area (Å²) in [7, 11) is 0. The first-order valence-corrected chi connectivity index (χ1v) is 6.34. The molecule has 102 valence electrons. The van der Waals surface area contributed by atoms with Crippen LogP contribution in [0.3, 0.4) is 0 Å². The van der Waals surface area contributed by atoms with Crippen LogP contribution in [0.15, 0.2) is 0 Å². The van der Waals surface area contributed by atoms with E-state index in [0.717, 1.165) is 25.9 Å². The summed E-state index contributed by atoms with van der Waals surface area (Å²) in [6, 6.07) is 1.99. The molecule has 0 aromatic rings. The molecule has 18 heavy (non-hydrogen) atoms. The lowest BCUT2D eigenvalue weighted by atomic mass is 10.1. The maximum Gasteiger partial charge on any atom is 0.234 e. The van der Waals surface area contributed by atoms with Crippen molar-refractivity contribution in [2.75, 3.05) is 39.4 Å². The minimum Gasteiger partial charge on any atom is -0.394 e. The van der Waals surface area contributed by atoms with Gasteiger partial charge in [-0.1, -0.05) is 0 Å². The molecule has 1 aliphatic heterocycles. The Bertz CT molecular complexity index is 283. The SMILES string of the molecule is N#CCCNC(=O)CN1CCC(OCCO)CC1. The van der Waals surface area contributed by atoms with Gasteiger partial charge in [0.25, 0.3) is 0 Å². The zero-order valence-electron chi connectivity index (χ0n) is 10.6. The molecule has 1 rings (SSSR count). The minimum atomic E-state index is -0.0278. The molecule has 0 unspecified atom stereocenters. The summed E-state index contributed by atoms with van der Waals surface area (Å²) < 4.78 is 5.45. The van der Waals surface area contributed by atoms with E-state index in [-0.39, 0.29) is 18.6 Å². The molecule has 1 saturated heterocycles. The Balaban J connectivity index is 2.11. The van der Waals surface area contributed by atoms with E-state index in [0.29, 0.717) is 26.1 Å². The molecular formula is C12H21N3O3. The first kappa shape index (κ1) is 14.9. The first-order valence-electron chi connectivity index (χ1n) is 6.34. The third-order valence-corrected chi connectivity index (χ3v) is 2.91. The Morgan fingerprint density at radius 2 is 2.22 bits per heavy atom. The molecule has 0 aromatic heterocycles. The van der Waals surface area contributed by atoms with E-state index in [1.54, 1.807) is 0 Å². The topological polar surface area (TPSA) is 85.6 Å². The number of aliphatic hydroxyl groups is 1. The van der Waals surface area contributed by atoms with Crippen molar-refractivity contribution in [3.63, 3.8) is 0 Å². The highest BCUT2D eigenvalue weighted by Gasteiger charge is 2.20. The van der Waals surface area contributed by atoms with Gasteiger partial charge in [0.2, 0.25) is 5.91 Å². The second-order valence-corrected chi connectivity index (χ2v) is 4.33. The summed E-state index contributed by atoms with van der Waals surface area (Å²) in [5.74, 6) is -0.0278. The highest BCUT2D eigenvalue weighted by atomic mass is 16.5. The second-order valence-electron chi connectivity index (χ2n) is 4.33. The summed E-state index contributed by atoms with van der Waals surface area (Å²) in [5.41, 5.74) is 0. The average Bonchev–Trinajstić information content (AvgIpc) is 2.38. The van der Waals surface area contributed by atoms with Crippen molar-refractivity contribution in [2.45, 2.75) is 25.4 Å². The number of amides is 1. The van der Waals surface area contributed by atoms with Crippen LogP contribution in [-0.4, -0.2) is 61.4 Å². The largest absolute Gasteiger partial charge is 0.394 e. The highest BCUT2D eigenvalue weighted by Crippen LogP contribution is 2.12. The van der Waals surface area contributed by atoms with Gasteiger partial charge in [-0.15, -0.1) is 0 Å². The molecule has 0 bridgehead atoms. The number of nitriles is 1. The maximum atomic E-state index is 11.5. The molecule has 0 atom stereocenters. The van der Waals surface area contributed by atoms with Crippen LogP contribution in [0.1, 0.15) is 19.3 Å². The first-order chi connectivity index (χ1) is 8.76. The molecule has 0 aliphatic carbocycles. The number of carbonyl (C=O) groups excluding carboxylic acids is 1. The molecular weight excluding hydrogens is 234 g/mol. The van der Waals surface area contributed by atoms with Gasteiger partial charge in [0.05, 0.1) is 38.4 Å². The predicted octanol–water partition coefficient (Wildman–Crippen LogP) is -0.510. The molecule has 0 saturated carbocycles. The lowest BCUT2D eigenvalue weighted by molar-refractivity contribution is -0.122. The van der Waals surface area contributed by atoms with Gasteiger partial charge in [0, 0.05) is 19.6 Å². The summed E-state index contributed by atoms with van der Waals surface area (Å²) in [4.78, 5) is 13.6. The molecule has 0 aromatic carbocycles. The van der Waals surface area contributed by atoms with Gasteiger partial charge in [-0.2, -0.15) is 5.26 Å². The van der Waals surface area contributed by atoms with Crippen molar-refractivity contribution in [3.8, 4) is 6.07 Å². The molecule has 0 radical (unpaired) electrons. The number of carbonyl (C=O) groups is 1. The molecule has 6 heteroatoms. The van der Waals surface area contributed by atoms with Gasteiger partial charge < -0.3 is 15.2 Å². The van der Waals surface area contributed by atoms with Crippen LogP contribution >= 0.6 is 0 Å². The quantitative estimate of drug-likeness (QED) is 0.598. The number of hydrogen-bond acceptors (Lipinski definition) is 5. The Morgan fingerprint density at radius 1 is 1.50 bits per heavy atom. The number of nitrogens with zero attached hydrogens (tertiary/aromatic N) is 2. The van der Waals surface area contributed by atoms with Crippen molar-refractivity contribution in [3.05, 3.63) is 0 Å². The van der Waals surface area contributed by atoms with Gasteiger partial charge >= 0.3 is 0 Å². The van der Waals surface area contributed by atoms with Crippen LogP contribution in [0.2, 0.25) is 0 Å². The molecule has 1 fully saturated rings. The van der Waals surface area contributed by atoms with E-state index in [9.17, 15) is 4.79 Å². The van der Waals surface area contributed by atoms with Crippen molar-refractivity contribution < 1.29 is 14.6 Å². The molecule has 6 nitrogen and oxygen atoms in total. The number of piperidine rings is 1. The average molecular weight is 255 g/mol. The van der Waals surface area contributed by atoms with Crippen molar-refractivity contribution in [1.82, 2.24) is 10.2 Å². The smallest absolute Gasteiger partial charge is 0.234 e. The highest BCUT2D eigenvalue weighted by molar-refractivity contribution is 5.78. The number of ether oxygens (including phenoxy) is 1. The van der Waals surface area contributed by atoms with Crippen molar-refractivity contribution in [1.29, 1.82) is 5.26 Å². The normalized spacial score (nSPS) is 17.3. The Hall–Kier alpha value is -1.16. The monoisotopic (exact) mass is 255 g/mol. The van der Waals surface area contributed by atoms with E-state index < -0.39 is 0 Å². The standard InChI is InChI=1S/C12H21N3O3/c13-4-1-5-14-12(17)10-15-6-2-11(3-7-15)18-9-8-16/h11,16H,1-3,5-10H2,(H,14,17). The van der Waals surface area contributed by atoms with E-state index in [2.05, 4.69) is 10.2 Å². The van der Waals surface area contributed by atoms with Gasteiger partial charge in [0.1, 0.15) is 0 Å². The molecule has 0 spiro atoms. The number of nitrogens with one attached hydrogen (secondary N) is 1. The minimum absolute atomic E-state index is 0.0278. The fraction of sp³-hybridized carbons (Fsp3) is 0.833. The van der Waals surface area contributed by atoms with E-state index >= 15 is 0 Å². The number of likely N-dealkylation sites (tertiary alicyclic amines) is 1. The number of hydrogen-bond donors (Lipinski definition) is 2. The summed E-state index contributed by atoms with van der Waals surface area (Å²) >= 11 is 0. The zero-order chi connectivity index (χ0) is 13.2. The van der Waals surface area contributed by atoms with Gasteiger partial charge in [0.15, 0.2) is 0 Å². The fourth-order valence-electron chi connectivity index (χ4n) is 1.97. The number of aliphatic hydroxyl groups excluding tert-OH is 1. The third kappa shape index (κ3) is 5.96. The van der Waals surface area contributed by atoms with Crippen LogP contribution in [0, 0.1) is 11.3 Å². The molecule has 2 N–H and O–H groups in total. The van der Waals surface area contributed by atoms with Crippen LogP contribution in [-0.2, 0) is 9.53 Å². The molecule has 1 amide bonds. The molecule has 1 aliphatic rings. The zero-order valence-corrected chi connectivity index (χ0v) is 10.6. The summed E-state index contributed by atoms with van der Waals surface area (Å²) in [5, 5.41) is 19.7. The Labute approximate surface area is 108 Å². The Kier molecular flexibility index (Phi) is 7.34. The van der Waals surface area contributed by atoms with Gasteiger partial charge in [-0.05, 0) is 12.8 Å². The van der Waals surface area contributed by atoms with Gasteiger partial charge in [-0.25, -0.2) is 0 Å². The van der Waals surface area contributed by atoms with E-state index in [1.165, 1.54) is 0 Å². The van der Waals surface area contributed by atoms with Crippen LogP contribution in [0.5, 0.6) is 0 Å². The van der Waals surface area contributed by atoms with Crippen molar-refractivity contribution in [2.24, 2.45) is 0 Å². The van der Waals surface area contributed by atoms with Crippen molar-refractivity contribution >= 4 is 5.91 Å². The van der Waals surface area contributed by atoms with Crippen LogP contribution in [0.4, 0.5) is 0 Å². The van der Waals surface area contributed by atoms with Crippen LogP contribution in [0.25, 0.3) is 0 Å². The Morgan fingerprint density at radius 3 is 2.83 bits per heavy atom. The fourth-order valence-corrected chi connectivity index (χ4v) is 1.97. The maximum absolute atomic E-state index is 11.5.